The standard InChI is InChI=1S/C12H15N5O/c1-9(12-13-6-3-7-14-12)15-8-10-4-5-11(18-2)17-16-10/h3-7,9,15H,8H2,1-2H3/t9-/m0/s1. The zero-order chi connectivity index (χ0) is 12.8. The molecule has 0 aliphatic heterocycles. The van der Waals surface area contributed by atoms with E-state index < -0.39 is 0 Å². The van der Waals surface area contributed by atoms with Gasteiger partial charge in [0.25, 0.3) is 0 Å². The third-order valence-electron chi connectivity index (χ3n) is 2.47. The number of nitrogens with zero attached hydrogens (tertiary/aromatic N) is 4. The zero-order valence-corrected chi connectivity index (χ0v) is 10.4. The molecule has 6 heteroatoms. The van der Waals surface area contributed by atoms with Gasteiger partial charge in [-0.1, -0.05) is 0 Å². The minimum atomic E-state index is 0.0649. The van der Waals surface area contributed by atoms with Gasteiger partial charge in [0.2, 0.25) is 5.88 Å². The summed E-state index contributed by atoms with van der Waals surface area (Å²) in [6.45, 7) is 2.61. The van der Waals surface area contributed by atoms with Crippen LogP contribution in [0, 0.1) is 0 Å². The van der Waals surface area contributed by atoms with Gasteiger partial charge in [-0.25, -0.2) is 9.97 Å². The lowest BCUT2D eigenvalue weighted by atomic mass is 10.3. The first kappa shape index (κ1) is 12.4. The summed E-state index contributed by atoms with van der Waals surface area (Å²) in [6.07, 6.45) is 3.46. The number of aromatic nitrogens is 4. The van der Waals surface area contributed by atoms with Crippen molar-refractivity contribution in [2.45, 2.75) is 19.5 Å². The molecule has 2 heterocycles. The highest BCUT2D eigenvalue weighted by atomic mass is 16.5. The Labute approximate surface area is 105 Å². The lowest BCUT2D eigenvalue weighted by Crippen LogP contribution is -2.20. The van der Waals surface area contributed by atoms with Gasteiger partial charge in [-0.2, -0.15) is 5.10 Å². The minimum Gasteiger partial charge on any atom is -0.480 e. The molecule has 0 spiro atoms. The third-order valence-corrected chi connectivity index (χ3v) is 2.47. The molecule has 1 N–H and O–H groups in total. The summed E-state index contributed by atoms with van der Waals surface area (Å²) in [6, 6.07) is 5.52. The largest absolute Gasteiger partial charge is 0.480 e. The quantitative estimate of drug-likeness (QED) is 0.851. The van der Waals surface area contributed by atoms with Crippen molar-refractivity contribution in [2.24, 2.45) is 0 Å². The van der Waals surface area contributed by atoms with Gasteiger partial charge in [-0.15, -0.1) is 5.10 Å². The Balaban J connectivity index is 1.91. The first-order valence-electron chi connectivity index (χ1n) is 5.66. The molecule has 94 valence electrons. The highest BCUT2D eigenvalue weighted by Gasteiger charge is 2.07. The molecule has 0 unspecified atom stereocenters. The van der Waals surface area contributed by atoms with Gasteiger partial charge in [0.1, 0.15) is 5.82 Å². The van der Waals surface area contributed by atoms with Crippen LogP contribution in [0.3, 0.4) is 0 Å². The van der Waals surface area contributed by atoms with Crippen LogP contribution in [0.15, 0.2) is 30.6 Å². The average molecular weight is 245 g/mol. The van der Waals surface area contributed by atoms with Crippen molar-refractivity contribution in [3.05, 3.63) is 42.1 Å². The van der Waals surface area contributed by atoms with Crippen molar-refractivity contribution < 1.29 is 4.74 Å². The number of ether oxygens (including phenoxy) is 1. The molecule has 0 saturated carbocycles. The van der Waals surface area contributed by atoms with Gasteiger partial charge in [0, 0.05) is 25.0 Å². The Bertz CT molecular complexity index is 474. The van der Waals surface area contributed by atoms with E-state index in [0.717, 1.165) is 11.5 Å². The van der Waals surface area contributed by atoms with Crippen LogP contribution in [0.5, 0.6) is 5.88 Å². The molecule has 2 aromatic heterocycles. The highest BCUT2D eigenvalue weighted by Crippen LogP contribution is 2.07. The molecule has 0 fully saturated rings. The Hall–Kier alpha value is -2.08. The molecule has 2 aromatic rings. The first-order valence-corrected chi connectivity index (χ1v) is 5.66. The van der Waals surface area contributed by atoms with Gasteiger partial charge in [0.05, 0.1) is 18.8 Å². The maximum absolute atomic E-state index is 4.95. The molecule has 0 aromatic carbocycles. The van der Waals surface area contributed by atoms with E-state index in [4.69, 9.17) is 4.74 Å². The predicted octanol–water partition coefficient (Wildman–Crippen LogP) is 1.13. The second-order valence-corrected chi connectivity index (χ2v) is 3.78. The van der Waals surface area contributed by atoms with Crippen LogP contribution in [-0.2, 0) is 6.54 Å². The fraction of sp³-hybridized carbons (Fsp3) is 0.333. The fourth-order valence-corrected chi connectivity index (χ4v) is 1.43. The topological polar surface area (TPSA) is 72.8 Å². The van der Waals surface area contributed by atoms with Crippen LogP contribution in [0.25, 0.3) is 0 Å². The Morgan fingerprint density at radius 3 is 2.61 bits per heavy atom. The van der Waals surface area contributed by atoms with Crippen LogP contribution >= 0.6 is 0 Å². The maximum atomic E-state index is 4.95. The van der Waals surface area contributed by atoms with Crippen molar-refractivity contribution >= 4 is 0 Å². The van der Waals surface area contributed by atoms with Crippen molar-refractivity contribution in [3.8, 4) is 5.88 Å². The van der Waals surface area contributed by atoms with E-state index in [1.807, 2.05) is 13.0 Å². The normalized spacial score (nSPS) is 12.1. The second kappa shape index (κ2) is 6.02. The lowest BCUT2D eigenvalue weighted by molar-refractivity contribution is 0.390. The van der Waals surface area contributed by atoms with E-state index in [-0.39, 0.29) is 6.04 Å². The van der Waals surface area contributed by atoms with Gasteiger partial charge in [-0.3, -0.25) is 0 Å². The molecule has 0 bridgehead atoms. The monoisotopic (exact) mass is 245 g/mol. The number of hydrogen-bond acceptors (Lipinski definition) is 6. The van der Waals surface area contributed by atoms with E-state index in [0.29, 0.717) is 12.4 Å². The van der Waals surface area contributed by atoms with E-state index in [1.54, 1.807) is 31.6 Å². The maximum Gasteiger partial charge on any atom is 0.233 e. The first-order chi connectivity index (χ1) is 8.79. The number of methoxy groups -OCH3 is 1. The third kappa shape index (κ3) is 3.21. The lowest BCUT2D eigenvalue weighted by Gasteiger charge is -2.11. The van der Waals surface area contributed by atoms with Crippen LogP contribution in [-0.4, -0.2) is 27.3 Å². The molecule has 0 amide bonds. The average Bonchev–Trinajstić information content (AvgIpc) is 2.46. The van der Waals surface area contributed by atoms with Crippen molar-refractivity contribution in [1.82, 2.24) is 25.5 Å². The molecule has 6 nitrogen and oxygen atoms in total. The van der Waals surface area contributed by atoms with Gasteiger partial charge in [-0.05, 0) is 19.1 Å². The Kier molecular flexibility index (Phi) is 4.14. The Morgan fingerprint density at radius 1 is 1.22 bits per heavy atom. The summed E-state index contributed by atoms with van der Waals surface area (Å²) in [4.78, 5) is 8.38. The van der Waals surface area contributed by atoms with E-state index in [2.05, 4.69) is 25.5 Å². The molecule has 0 saturated heterocycles. The van der Waals surface area contributed by atoms with Gasteiger partial charge < -0.3 is 10.1 Å². The van der Waals surface area contributed by atoms with E-state index in [1.165, 1.54) is 0 Å². The smallest absolute Gasteiger partial charge is 0.233 e. The molecule has 2 rings (SSSR count). The fourth-order valence-electron chi connectivity index (χ4n) is 1.43. The SMILES string of the molecule is COc1ccc(CN[C@@H](C)c2ncccn2)nn1. The van der Waals surface area contributed by atoms with Crippen molar-refractivity contribution in [2.75, 3.05) is 7.11 Å². The number of hydrogen-bond donors (Lipinski definition) is 1. The summed E-state index contributed by atoms with van der Waals surface area (Å²) >= 11 is 0. The number of rotatable bonds is 5. The van der Waals surface area contributed by atoms with E-state index in [9.17, 15) is 0 Å². The summed E-state index contributed by atoms with van der Waals surface area (Å²) in [5.74, 6) is 1.28. The predicted molar refractivity (Wildman–Crippen MR) is 65.9 cm³/mol. The van der Waals surface area contributed by atoms with Crippen LogP contribution < -0.4 is 10.1 Å². The summed E-state index contributed by atoms with van der Waals surface area (Å²) in [7, 11) is 1.57. The van der Waals surface area contributed by atoms with E-state index >= 15 is 0 Å². The molecule has 1 atom stereocenters. The van der Waals surface area contributed by atoms with Gasteiger partial charge >= 0.3 is 0 Å². The zero-order valence-electron chi connectivity index (χ0n) is 10.4. The summed E-state index contributed by atoms with van der Waals surface area (Å²) < 4.78 is 4.95. The Morgan fingerprint density at radius 2 is 2.00 bits per heavy atom. The van der Waals surface area contributed by atoms with Crippen LogP contribution in [0.2, 0.25) is 0 Å². The van der Waals surface area contributed by atoms with Crippen LogP contribution in [0.1, 0.15) is 24.5 Å². The molecule has 0 aliphatic carbocycles. The highest BCUT2D eigenvalue weighted by molar-refractivity contribution is 5.11. The van der Waals surface area contributed by atoms with Crippen LogP contribution in [0.4, 0.5) is 0 Å². The molecule has 0 radical (unpaired) electrons. The summed E-state index contributed by atoms with van der Waals surface area (Å²) in [5, 5.41) is 11.2. The minimum absolute atomic E-state index is 0.0649. The summed E-state index contributed by atoms with van der Waals surface area (Å²) in [5.41, 5.74) is 0.846. The molecule has 0 aliphatic rings. The molecular formula is C12H15N5O. The molecule has 18 heavy (non-hydrogen) atoms. The van der Waals surface area contributed by atoms with Gasteiger partial charge in [0.15, 0.2) is 0 Å². The number of nitrogens with one attached hydrogen (secondary N) is 1. The second-order valence-electron chi connectivity index (χ2n) is 3.78. The van der Waals surface area contributed by atoms with Crippen molar-refractivity contribution in [3.63, 3.8) is 0 Å². The molecular weight excluding hydrogens is 230 g/mol. The van der Waals surface area contributed by atoms with Crippen molar-refractivity contribution in [1.29, 1.82) is 0 Å².